The molecule has 1 aliphatic heterocycles. The van der Waals surface area contributed by atoms with E-state index < -0.39 is 0 Å². The minimum Gasteiger partial charge on any atom is -0.372 e. The van der Waals surface area contributed by atoms with Gasteiger partial charge in [-0.2, -0.15) is 0 Å². The van der Waals surface area contributed by atoms with Crippen molar-refractivity contribution in [3.8, 4) is 0 Å². The maximum Gasteiger partial charge on any atom is 0.0721 e. The molecule has 1 saturated heterocycles. The molecule has 1 aliphatic rings. The van der Waals surface area contributed by atoms with Crippen LogP contribution in [0.2, 0.25) is 0 Å². The summed E-state index contributed by atoms with van der Waals surface area (Å²) in [5.74, 6) is 0. The lowest BCUT2D eigenvalue weighted by molar-refractivity contribution is 0.215. The van der Waals surface area contributed by atoms with Gasteiger partial charge in [-0.3, -0.25) is 0 Å². The molecule has 50 valence electrons. The van der Waals surface area contributed by atoms with Crippen molar-refractivity contribution in [2.45, 2.75) is 13.8 Å². The van der Waals surface area contributed by atoms with Crippen LogP contribution in [0, 0.1) is 0 Å². The fraction of sp³-hybridized carbons (Fsp3) is 0.500. The maximum atomic E-state index is 5.21. The number of hydrogen-bond donors (Lipinski definition) is 0. The van der Waals surface area contributed by atoms with E-state index in [2.05, 4.69) is 12.2 Å². The van der Waals surface area contributed by atoms with E-state index >= 15 is 0 Å². The first kappa shape index (κ1) is 6.56. The molecule has 0 amide bonds. The van der Waals surface area contributed by atoms with Crippen LogP contribution in [-0.4, -0.2) is 13.2 Å². The van der Waals surface area contributed by atoms with E-state index in [1.165, 1.54) is 11.1 Å². The molecule has 0 atom stereocenters. The summed E-state index contributed by atoms with van der Waals surface area (Å²) in [6, 6.07) is 0. The van der Waals surface area contributed by atoms with Gasteiger partial charge in [-0.15, -0.1) is 0 Å². The molecule has 0 N–H and O–H groups in total. The van der Waals surface area contributed by atoms with Gasteiger partial charge in [0, 0.05) is 0 Å². The summed E-state index contributed by atoms with van der Waals surface area (Å²) < 4.78 is 5.21. The van der Waals surface area contributed by atoms with Gasteiger partial charge in [-0.1, -0.05) is 12.2 Å². The molecular weight excluding hydrogens is 112 g/mol. The van der Waals surface area contributed by atoms with Crippen LogP contribution >= 0.6 is 0 Å². The summed E-state index contributed by atoms with van der Waals surface area (Å²) in [5, 5.41) is 0. The zero-order valence-electron chi connectivity index (χ0n) is 5.98. The molecule has 0 unspecified atom stereocenters. The van der Waals surface area contributed by atoms with E-state index in [9.17, 15) is 0 Å². The van der Waals surface area contributed by atoms with Crippen molar-refractivity contribution >= 4 is 0 Å². The third-order valence-electron chi connectivity index (χ3n) is 1.62. The van der Waals surface area contributed by atoms with E-state index in [-0.39, 0.29) is 0 Å². The largest absolute Gasteiger partial charge is 0.372 e. The van der Waals surface area contributed by atoms with Crippen molar-refractivity contribution in [2.24, 2.45) is 0 Å². The van der Waals surface area contributed by atoms with Gasteiger partial charge in [-0.25, -0.2) is 0 Å². The van der Waals surface area contributed by atoms with Gasteiger partial charge in [-0.05, 0) is 25.0 Å². The fourth-order valence-electron chi connectivity index (χ4n) is 0.994. The summed E-state index contributed by atoms with van der Waals surface area (Å²) >= 11 is 0. The van der Waals surface area contributed by atoms with Crippen molar-refractivity contribution in [1.29, 1.82) is 0 Å². The molecule has 1 nitrogen and oxygen atoms in total. The minimum absolute atomic E-state index is 0.802. The Morgan fingerprint density at radius 1 is 1.11 bits per heavy atom. The van der Waals surface area contributed by atoms with Gasteiger partial charge in [0.1, 0.15) is 0 Å². The number of rotatable bonds is 0. The molecule has 0 saturated carbocycles. The van der Waals surface area contributed by atoms with Gasteiger partial charge in [0.05, 0.1) is 13.2 Å². The van der Waals surface area contributed by atoms with Gasteiger partial charge in [0.15, 0.2) is 0 Å². The van der Waals surface area contributed by atoms with Crippen molar-refractivity contribution in [3.63, 3.8) is 0 Å². The molecule has 0 bridgehead atoms. The zero-order chi connectivity index (χ0) is 6.69. The van der Waals surface area contributed by atoms with Crippen LogP contribution in [-0.2, 0) is 4.74 Å². The molecule has 0 aromatic heterocycles. The van der Waals surface area contributed by atoms with Crippen LogP contribution in [0.3, 0.4) is 0 Å². The molecule has 0 aromatic carbocycles. The lowest BCUT2D eigenvalue weighted by Gasteiger charge is -1.91. The Labute approximate surface area is 56.0 Å². The molecule has 0 spiro atoms. The van der Waals surface area contributed by atoms with E-state index in [1.54, 1.807) is 0 Å². The molecular formula is C8H12O. The number of hydrogen-bond acceptors (Lipinski definition) is 1. The van der Waals surface area contributed by atoms with Crippen LogP contribution < -0.4 is 0 Å². The molecule has 0 aliphatic carbocycles. The fourth-order valence-corrected chi connectivity index (χ4v) is 0.994. The molecule has 0 radical (unpaired) electrons. The van der Waals surface area contributed by atoms with Crippen LogP contribution in [0.4, 0.5) is 0 Å². The second-order valence-corrected chi connectivity index (χ2v) is 2.12. The zero-order valence-corrected chi connectivity index (χ0v) is 5.98. The first-order chi connectivity index (χ1) is 4.38. The average molecular weight is 124 g/mol. The second kappa shape index (κ2) is 2.83. The van der Waals surface area contributed by atoms with E-state index in [0.717, 1.165) is 13.2 Å². The summed E-state index contributed by atoms with van der Waals surface area (Å²) in [6.45, 7) is 5.70. The Kier molecular flexibility index (Phi) is 2.06. The van der Waals surface area contributed by atoms with Crippen LogP contribution in [0.15, 0.2) is 23.3 Å². The molecule has 9 heavy (non-hydrogen) atoms. The van der Waals surface area contributed by atoms with Crippen molar-refractivity contribution in [3.05, 3.63) is 23.3 Å². The van der Waals surface area contributed by atoms with Gasteiger partial charge < -0.3 is 4.74 Å². The maximum absolute atomic E-state index is 5.21. The van der Waals surface area contributed by atoms with Crippen LogP contribution in [0.25, 0.3) is 0 Å². The van der Waals surface area contributed by atoms with Gasteiger partial charge in [0.25, 0.3) is 0 Å². The van der Waals surface area contributed by atoms with Crippen LogP contribution in [0.5, 0.6) is 0 Å². The molecule has 1 heteroatoms. The van der Waals surface area contributed by atoms with E-state index in [1.807, 2.05) is 13.8 Å². The molecule has 1 fully saturated rings. The van der Waals surface area contributed by atoms with Gasteiger partial charge in [0.2, 0.25) is 0 Å². The lowest BCUT2D eigenvalue weighted by atomic mass is 10.1. The summed E-state index contributed by atoms with van der Waals surface area (Å²) in [6.07, 6.45) is 4.23. The highest BCUT2D eigenvalue weighted by atomic mass is 16.5. The Balaban J connectivity index is 2.75. The van der Waals surface area contributed by atoms with E-state index in [4.69, 9.17) is 4.74 Å². The topological polar surface area (TPSA) is 9.23 Å². The Morgan fingerprint density at radius 3 is 1.89 bits per heavy atom. The highest BCUT2D eigenvalue weighted by molar-refractivity contribution is 5.33. The predicted octanol–water partition coefficient (Wildman–Crippen LogP) is 1.91. The third-order valence-corrected chi connectivity index (χ3v) is 1.62. The molecule has 1 rings (SSSR count). The third kappa shape index (κ3) is 1.22. The minimum atomic E-state index is 0.802. The van der Waals surface area contributed by atoms with Crippen molar-refractivity contribution in [1.82, 2.24) is 0 Å². The number of allylic oxidation sites excluding steroid dienone is 2. The Bertz CT molecular complexity index is 136. The van der Waals surface area contributed by atoms with E-state index in [0.29, 0.717) is 0 Å². The smallest absolute Gasteiger partial charge is 0.0721 e. The summed E-state index contributed by atoms with van der Waals surface area (Å²) in [5.41, 5.74) is 2.69. The van der Waals surface area contributed by atoms with Crippen molar-refractivity contribution in [2.75, 3.05) is 13.2 Å². The van der Waals surface area contributed by atoms with Crippen LogP contribution in [0.1, 0.15) is 13.8 Å². The number of ether oxygens (including phenoxy) is 1. The Morgan fingerprint density at radius 2 is 1.56 bits per heavy atom. The summed E-state index contributed by atoms with van der Waals surface area (Å²) in [7, 11) is 0. The summed E-state index contributed by atoms with van der Waals surface area (Å²) in [4.78, 5) is 0. The SMILES string of the molecule is C/C=C1/COC/C1=C/C. The second-order valence-electron chi connectivity index (χ2n) is 2.12. The monoisotopic (exact) mass is 124 g/mol. The average Bonchev–Trinajstić information content (AvgIpc) is 2.33. The highest BCUT2D eigenvalue weighted by Gasteiger charge is 2.10. The first-order valence-corrected chi connectivity index (χ1v) is 3.27. The van der Waals surface area contributed by atoms with Gasteiger partial charge >= 0.3 is 0 Å². The molecule has 0 aromatic rings. The normalized spacial score (nSPS) is 28.2. The lowest BCUT2D eigenvalue weighted by Crippen LogP contribution is -1.81. The quantitative estimate of drug-likeness (QED) is 0.479. The van der Waals surface area contributed by atoms with Crippen molar-refractivity contribution < 1.29 is 4.74 Å². The highest BCUT2D eigenvalue weighted by Crippen LogP contribution is 2.17. The first-order valence-electron chi connectivity index (χ1n) is 3.27. The molecule has 1 heterocycles. The standard InChI is InChI=1S/C8H12O/c1-3-7-5-9-6-8(7)4-2/h3-4H,5-6H2,1-2H3/b7-3-,8-4-. The Hall–Kier alpha value is -0.560. The predicted molar refractivity (Wildman–Crippen MR) is 38.3 cm³/mol.